The maximum absolute atomic E-state index is 13.8. The molecule has 1 unspecified atom stereocenters. The van der Waals surface area contributed by atoms with Crippen molar-refractivity contribution in [3.8, 4) is 5.75 Å². The first-order valence-corrected chi connectivity index (χ1v) is 7.00. The minimum Gasteiger partial charge on any atom is -0.494 e. The molecule has 2 N–H and O–H groups in total. The maximum Gasteiger partial charge on any atom is 0.165 e. The maximum atomic E-state index is 13.8. The highest BCUT2D eigenvalue weighted by atomic mass is 19.1. The largest absolute Gasteiger partial charge is 0.494 e. The average molecular weight is 282 g/mol. The Hall–Kier alpha value is -1.17. The number of methoxy groups -OCH3 is 2. The van der Waals surface area contributed by atoms with Crippen LogP contribution in [0.25, 0.3) is 0 Å². The van der Waals surface area contributed by atoms with E-state index in [0.29, 0.717) is 12.6 Å². The normalized spacial score (nSPS) is 19.0. The van der Waals surface area contributed by atoms with Gasteiger partial charge in [-0.25, -0.2) is 4.39 Å². The first-order chi connectivity index (χ1) is 9.69. The summed E-state index contributed by atoms with van der Waals surface area (Å²) in [6.07, 6.45) is 2.31. The molecule has 1 aliphatic rings. The van der Waals surface area contributed by atoms with Gasteiger partial charge >= 0.3 is 0 Å². The number of hydrogen-bond acceptors (Lipinski definition) is 4. The van der Waals surface area contributed by atoms with Crippen molar-refractivity contribution >= 4 is 0 Å². The number of piperidine rings is 1. The molecule has 2 rings (SSSR count). The average Bonchev–Trinajstić information content (AvgIpc) is 2.49. The first-order valence-electron chi connectivity index (χ1n) is 7.00. The number of halogens is 1. The van der Waals surface area contributed by atoms with Gasteiger partial charge in [-0.2, -0.15) is 0 Å². The Bertz CT molecular complexity index is 434. The van der Waals surface area contributed by atoms with E-state index in [9.17, 15) is 4.39 Å². The summed E-state index contributed by atoms with van der Waals surface area (Å²) in [4.78, 5) is 2.30. The Morgan fingerprint density at radius 1 is 1.35 bits per heavy atom. The van der Waals surface area contributed by atoms with E-state index in [4.69, 9.17) is 15.2 Å². The molecule has 0 aromatic heterocycles. The van der Waals surface area contributed by atoms with Crippen molar-refractivity contribution in [2.45, 2.75) is 25.0 Å². The molecule has 4 nitrogen and oxygen atoms in total. The summed E-state index contributed by atoms with van der Waals surface area (Å²) >= 11 is 0. The second-order valence-electron chi connectivity index (χ2n) is 5.12. The molecule has 1 saturated heterocycles. The lowest BCUT2D eigenvalue weighted by molar-refractivity contribution is 0.0280. The Kier molecular flexibility index (Phi) is 5.34. The van der Waals surface area contributed by atoms with Gasteiger partial charge in [0, 0.05) is 32.8 Å². The predicted molar refractivity (Wildman–Crippen MR) is 76.4 cm³/mol. The molecule has 20 heavy (non-hydrogen) atoms. The van der Waals surface area contributed by atoms with E-state index in [1.54, 1.807) is 13.2 Å². The number of nitrogens with zero attached hydrogens (tertiary/aromatic N) is 1. The number of likely N-dealkylation sites (tertiary alicyclic amines) is 1. The first kappa shape index (κ1) is 15.2. The molecule has 1 aliphatic heterocycles. The molecule has 1 aromatic rings. The molecule has 0 radical (unpaired) electrons. The Morgan fingerprint density at radius 3 is 2.55 bits per heavy atom. The van der Waals surface area contributed by atoms with E-state index in [1.165, 1.54) is 13.2 Å². The lowest BCUT2D eigenvalue weighted by Crippen LogP contribution is -2.41. The number of nitrogens with two attached hydrogens (primary N) is 1. The smallest absolute Gasteiger partial charge is 0.165 e. The molecule has 0 spiro atoms. The van der Waals surface area contributed by atoms with Crippen LogP contribution in [0.1, 0.15) is 24.4 Å². The molecule has 0 aliphatic carbocycles. The van der Waals surface area contributed by atoms with Gasteiger partial charge in [-0.3, -0.25) is 4.90 Å². The summed E-state index contributed by atoms with van der Waals surface area (Å²) in [5, 5.41) is 0. The Morgan fingerprint density at radius 2 is 2.05 bits per heavy atom. The third-order valence-electron chi connectivity index (χ3n) is 4.03. The molecule has 0 bridgehead atoms. The molecule has 1 aromatic carbocycles. The standard InChI is InChI=1S/C15H23FN2O2/c1-19-12-5-7-18(8-6-12)14(10-17)11-3-4-15(20-2)13(16)9-11/h3-4,9,12,14H,5-8,10,17H2,1-2H3. The number of ether oxygens (including phenoxy) is 2. The molecule has 1 fully saturated rings. The number of hydrogen-bond donors (Lipinski definition) is 1. The van der Waals surface area contributed by atoms with Crippen LogP contribution in [0.2, 0.25) is 0 Å². The van der Waals surface area contributed by atoms with Crippen LogP contribution in [-0.2, 0) is 4.74 Å². The van der Waals surface area contributed by atoms with Gasteiger partial charge in [0.2, 0.25) is 0 Å². The summed E-state index contributed by atoms with van der Waals surface area (Å²) in [5.41, 5.74) is 6.80. The minimum absolute atomic E-state index is 0.0493. The van der Waals surface area contributed by atoms with Crippen LogP contribution >= 0.6 is 0 Å². The van der Waals surface area contributed by atoms with Crippen LogP contribution in [-0.4, -0.2) is 44.9 Å². The van der Waals surface area contributed by atoms with E-state index >= 15 is 0 Å². The molecule has 0 amide bonds. The lowest BCUT2D eigenvalue weighted by atomic mass is 10.00. The lowest BCUT2D eigenvalue weighted by Gasteiger charge is -2.37. The van der Waals surface area contributed by atoms with Crippen LogP contribution in [0.5, 0.6) is 5.75 Å². The molecule has 0 saturated carbocycles. The van der Waals surface area contributed by atoms with Gasteiger partial charge in [-0.1, -0.05) is 6.07 Å². The fourth-order valence-electron chi connectivity index (χ4n) is 2.81. The second-order valence-corrected chi connectivity index (χ2v) is 5.12. The van der Waals surface area contributed by atoms with Crippen molar-refractivity contribution in [1.29, 1.82) is 0 Å². The molecule has 112 valence electrons. The number of benzene rings is 1. The third-order valence-corrected chi connectivity index (χ3v) is 4.03. The SMILES string of the molecule is COc1ccc(C(CN)N2CCC(OC)CC2)cc1F. The zero-order chi connectivity index (χ0) is 14.5. The van der Waals surface area contributed by atoms with Crippen LogP contribution in [0.15, 0.2) is 18.2 Å². The van der Waals surface area contributed by atoms with Gasteiger partial charge in [0.25, 0.3) is 0 Å². The zero-order valence-corrected chi connectivity index (χ0v) is 12.1. The van der Waals surface area contributed by atoms with E-state index in [0.717, 1.165) is 31.5 Å². The predicted octanol–water partition coefficient (Wildman–Crippen LogP) is 1.94. The number of rotatable bonds is 5. The van der Waals surface area contributed by atoms with E-state index in [-0.39, 0.29) is 17.6 Å². The minimum atomic E-state index is -0.338. The van der Waals surface area contributed by atoms with Crippen LogP contribution in [0.4, 0.5) is 4.39 Å². The van der Waals surface area contributed by atoms with Crippen molar-refractivity contribution in [2.24, 2.45) is 5.73 Å². The van der Waals surface area contributed by atoms with Crippen LogP contribution in [0.3, 0.4) is 0 Å². The quantitative estimate of drug-likeness (QED) is 0.896. The third kappa shape index (κ3) is 3.29. The molecule has 1 atom stereocenters. The van der Waals surface area contributed by atoms with Gasteiger partial charge in [0.15, 0.2) is 11.6 Å². The summed E-state index contributed by atoms with van der Waals surface area (Å²) < 4.78 is 24.2. The van der Waals surface area contributed by atoms with Gasteiger partial charge in [0.1, 0.15) is 0 Å². The molecule has 5 heteroatoms. The van der Waals surface area contributed by atoms with Crippen molar-refractivity contribution in [1.82, 2.24) is 4.90 Å². The Labute approximate surface area is 119 Å². The Balaban J connectivity index is 2.10. The van der Waals surface area contributed by atoms with E-state index < -0.39 is 0 Å². The second kappa shape index (κ2) is 7.02. The van der Waals surface area contributed by atoms with Gasteiger partial charge in [0.05, 0.1) is 13.2 Å². The van der Waals surface area contributed by atoms with Crippen molar-refractivity contribution in [2.75, 3.05) is 33.9 Å². The fourth-order valence-corrected chi connectivity index (χ4v) is 2.81. The highest BCUT2D eigenvalue weighted by molar-refractivity contribution is 5.31. The fraction of sp³-hybridized carbons (Fsp3) is 0.600. The van der Waals surface area contributed by atoms with E-state index in [2.05, 4.69) is 4.90 Å². The van der Waals surface area contributed by atoms with Gasteiger partial charge in [-0.05, 0) is 30.5 Å². The van der Waals surface area contributed by atoms with Crippen LogP contribution in [0, 0.1) is 5.82 Å². The van der Waals surface area contributed by atoms with Crippen molar-refractivity contribution in [3.05, 3.63) is 29.6 Å². The van der Waals surface area contributed by atoms with E-state index in [1.807, 2.05) is 6.07 Å². The van der Waals surface area contributed by atoms with Gasteiger partial charge in [-0.15, -0.1) is 0 Å². The summed E-state index contributed by atoms with van der Waals surface area (Å²) in [5.74, 6) is -0.0714. The highest BCUT2D eigenvalue weighted by Crippen LogP contribution is 2.27. The molecular formula is C15H23FN2O2. The van der Waals surface area contributed by atoms with Crippen molar-refractivity contribution < 1.29 is 13.9 Å². The van der Waals surface area contributed by atoms with Gasteiger partial charge < -0.3 is 15.2 Å². The highest BCUT2D eigenvalue weighted by Gasteiger charge is 2.25. The van der Waals surface area contributed by atoms with Crippen molar-refractivity contribution in [3.63, 3.8) is 0 Å². The molecule has 1 heterocycles. The summed E-state index contributed by atoms with van der Waals surface area (Å²) in [6.45, 7) is 2.32. The molecular weight excluding hydrogens is 259 g/mol. The zero-order valence-electron chi connectivity index (χ0n) is 12.1. The summed E-state index contributed by atoms with van der Waals surface area (Å²) in [7, 11) is 3.22. The monoisotopic (exact) mass is 282 g/mol. The summed E-state index contributed by atoms with van der Waals surface area (Å²) in [6, 6.07) is 5.13. The van der Waals surface area contributed by atoms with Crippen LogP contribution < -0.4 is 10.5 Å². The topological polar surface area (TPSA) is 47.7 Å².